The summed E-state index contributed by atoms with van der Waals surface area (Å²) in [6.07, 6.45) is 7.13. The van der Waals surface area contributed by atoms with E-state index in [1.54, 1.807) is 6.20 Å². The fourth-order valence-corrected chi connectivity index (χ4v) is 4.59. The Labute approximate surface area is 154 Å². The van der Waals surface area contributed by atoms with E-state index in [-0.39, 0.29) is 36.3 Å². The summed E-state index contributed by atoms with van der Waals surface area (Å²) in [5.74, 6) is 1.09. The smallest absolute Gasteiger partial charge is 0.225 e. The largest absolute Gasteiger partial charge is 0.349 e. The van der Waals surface area contributed by atoms with Crippen molar-refractivity contribution in [2.24, 2.45) is 23.5 Å². The van der Waals surface area contributed by atoms with Crippen molar-refractivity contribution in [1.29, 1.82) is 0 Å². The van der Waals surface area contributed by atoms with Gasteiger partial charge < -0.3 is 11.1 Å². The van der Waals surface area contributed by atoms with Crippen LogP contribution in [0.15, 0.2) is 42.7 Å². The molecular formula is C19H25ClN4O. The van der Waals surface area contributed by atoms with Gasteiger partial charge in [0.05, 0.1) is 17.6 Å². The molecule has 2 saturated carbocycles. The molecule has 2 fully saturated rings. The topological polar surface area (TPSA) is 72.9 Å². The van der Waals surface area contributed by atoms with Crippen LogP contribution in [0, 0.1) is 17.8 Å². The van der Waals surface area contributed by atoms with Crippen LogP contribution < -0.4 is 11.1 Å². The van der Waals surface area contributed by atoms with Crippen molar-refractivity contribution in [1.82, 2.24) is 15.1 Å². The third kappa shape index (κ3) is 3.18. The van der Waals surface area contributed by atoms with E-state index in [2.05, 4.69) is 10.4 Å². The zero-order valence-electron chi connectivity index (χ0n) is 14.3. The minimum Gasteiger partial charge on any atom is -0.349 e. The van der Waals surface area contributed by atoms with Gasteiger partial charge in [-0.15, -0.1) is 12.4 Å². The van der Waals surface area contributed by atoms with E-state index in [1.807, 2.05) is 48.1 Å². The van der Waals surface area contributed by atoms with Crippen LogP contribution in [0.1, 0.15) is 37.8 Å². The molecule has 1 heterocycles. The van der Waals surface area contributed by atoms with Gasteiger partial charge in [0.15, 0.2) is 0 Å². The average Bonchev–Trinajstić information content (AvgIpc) is 3.32. The van der Waals surface area contributed by atoms with Crippen molar-refractivity contribution >= 4 is 18.3 Å². The van der Waals surface area contributed by atoms with E-state index < -0.39 is 0 Å². The molecule has 1 aromatic carbocycles. The van der Waals surface area contributed by atoms with E-state index in [9.17, 15) is 4.79 Å². The fraction of sp³-hybridized carbons (Fsp3) is 0.474. The van der Waals surface area contributed by atoms with Gasteiger partial charge in [-0.2, -0.15) is 5.10 Å². The number of nitrogens with zero attached hydrogens (tertiary/aromatic N) is 2. The summed E-state index contributed by atoms with van der Waals surface area (Å²) in [5.41, 5.74) is 8.37. The summed E-state index contributed by atoms with van der Waals surface area (Å²) in [6, 6.07) is 9.89. The summed E-state index contributed by atoms with van der Waals surface area (Å²) in [6.45, 7) is 2.03. The number of rotatable bonds is 4. The summed E-state index contributed by atoms with van der Waals surface area (Å²) in [7, 11) is 0. The Morgan fingerprint density at radius 3 is 2.72 bits per heavy atom. The zero-order chi connectivity index (χ0) is 16.7. The molecule has 3 N–H and O–H groups in total. The molecule has 6 heteroatoms. The second kappa shape index (κ2) is 7.18. The predicted molar refractivity (Wildman–Crippen MR) is 99.7 cm³/mol. The van der Waals surface area contributed by atoms with E-state index >= 15 is 0 Å². The molecule has 0 saturated heterocycles. The summed E-state index contributed by atoms with van der Waals surface area (Å²) in [4.78, 5) is 12.8. The Balaban J connectivity index is 0.00000182. The number of benzene rings is 1. The van der Waals surface area contributed by atoms with Crippen molar-refractivity contribution in [3.8, 4) is 5.69 Å². The first-order chi connectivity index (χ1) is 11.6. The van der Waals surface area contributed by atoms with Crippen LogP contribution in [0.4, 0.5) is 0 Å². The molecule has 0 aliphatic heterocycles. The molecule has 2 aliphatic carbocycles. The van der Waals surface area contributed by atoms with Gasteiger partial charge in [-0.25, -0.2) is 4.68 Å². The number of para-hydroxylation sites is 1. The maximum atomic E-state index is 12.8. The number of carbonyl (C=O) groups is 1. The molecule has 2 aliphatic rings. The van der Waals surface area contributed by atoms with Crippen molar-refractivity contribution in [3.63, 3.8) is 0 Å². The molecule has 25 heavy (non-hydrogen) atoms. The van der Waals surface area contributed by atoms with Crippen molar-refractivity contribution in [2.75, 3.05) is 0 Å². The highest BCUT2D eigenvalue weighted by Gasteiger charge is 2.49. The van der Waals surface area contributed by atoms with Crippen molar-refractivity contribution < 1.29 is 4.79 Å². The lowest BCUT2D eigenvalue weighted by atomic mass is 9.84. The number of aromatic nitrogens is 2. The van der Waals surface area contributed by atoms with Crippen molar-refractivity contribution in [2.45, 2.75) is 38.3 Å². The van der Waals surface area contributed by atoms with Crippen LogP contribution in [-0.2, 0) is 4.79 Å². The highest BCUT2D eigenvalue weighted by Crippen LogP contribution is 2.47. The zero-order valence-corrected chi connectivity index (χ0v) is 15.2. The minimum absolute atomic E-state index is 0. The van der Waals surface area contributed by atoms with Gasteiger partial charge in [0, 0.05) is 18.4 Å². The van der Waals surface area contributed by atoms with E-state index in [0.29, 0.717) is 11.8 Å². The molecule has 1 aromatic heterocycles. The minimum atomic E-state index is -0.0794. The van der Waals surface area contributed by atoms with E-state index in [1.165, 1.54) is 6.42 Å². The summed E-state index contributed by atoms with van der Waals surface area (Å²) in [5, 5.41) is 7.51. The number of amides is 1. The van der Waals surface area contributed by atoms with Gasteiger partial charge in [-0.3, -0.25) is 4.79 Å². The average molecular weight is 361 g/mol. The first-order valence-corrected chi connectivity index (χ1v) is 8.80. The molecule has 5 unspecified atom stereocenters. The molecule has 2 bridgehead atoms. The number of carbonyl (C=O) groups excluding carboxylic acids is 1. The Hall–Kier alpha value is -1.85. The molecule has 5 atom stereocenters. The number of halogens is 1. The Bertz CT molecular complexity index is 731. The standard InChI is InChI=1S/C19H24N4O.ClH/c1-12(15-5-2-3-6-16(15)23-10-4-9-21-23)22-19(24)17-13-7-8-14(11-13)18(17)20;/h2-6,9-10,12-14,17-18H,7-8,11,20H2,1H3,(H,22,24);1H. The second-order valence-corrected chi connectivity index (χ2v) is 7.18. The lowest BCUT2D eigenvalue weighted by Crippen LogP contribution is -2.45. The van der Waals surface area contributed by atoms with Gasteiger partial charge in [-0.05, 0) is 55.7 Å². The van der Waals surface area contributed by atoms with E-state index in [0.717, 1.165) is 24.1 Å². The first-order valence-electron chi connectivity index (χ1n) is 8.80. The first kappa shape index (κ1) is 18.0. The maximum absolute atomic E-state index is 12.8. The van der Waals surface area contributed by atoms with Crippen LogP contribution in [0.2, 0.25) is 0 Å². The highest BCUT2D eigenvalue weighted by atomic mass is 35.5. The Morgan fingerprint density at radius 2 is 2.04 bits per heavy atom. The molecule has 1 amide bonds. The molecule has 0 spiro atoms. The lowest BCUT2D eigenvalue weighted by Gasteiger charge is -2.28. The molecule has 5 nitrogen and oxygen atoms in total. The Kier molecular flexibility index (Phi) is 5.16. The van der Waals surface area contributed by atoms with E-state index in [4.69, 9.17) is 5.73 Å². The maximum Gasteiger partial charge on any atom is 0.225 e. The third-order valence-corrected chi connectivity index (χ3v) is 5.80. The van der Waals surface area contributed by atoms with Gasteiger partial charge >= 0.3 is 0 Å². The summed E-state index contributed by atoms with van der Waals surface area (Å²) < 4.78 is 1.83. The fourth-order valence-electron chi connectivity index (χ4n) is 4.59. The van der Waals surface area contributed by atoms with Crippen molar-refractivity contribution in [3.05, 3.63) is 48.3 Å². The Morgan fingerprint density at radius 1 is 1.28 bits per heavy atom. The SMILES string of the molecule is CC(NC(=O)C1C2CCC(C2)C1N)c1ccccc1-n1cccn1.Cl. The lowest BCUT2D eigenvalue weighted by molar-refractivity contribution is -0.127. The van der Waals surface area contributed by atoms with Crippen LogP contribution in [0.3, 0.4) is 0 Å². The number of fused-ring (bicyclic) bond motifs is 2. The van der Waals surface area contributed by atoms with Gasteiger partial charge in [-0.1, -0.05) is 18.2 Å². The number of nitrogens with two attached hydrogens (primary N) is 1. The predicted octanol–water partition coefficient (Wildman–Crippen LogP) is 2.84. The van der Waals surface area contributed by atoms with Crippen LogP contribution in [0.5, 0.6) is 0 Å². The molecule has 4 rings (SSSR count). The van der Waals surface area contributed by atoms with Crippen LogP contribution in [-0.4, -0.2) is 21.7 Å². The van der Waals surface area contributed by atoms with Gasteiger partial charge in [0.25, 0.3) is 0 Å². The second-order valence-electron chi connectivity index (χ2n) is 7.18. The molecule has 2 aromatic rings. The van der Waals surface area contributed by atoms with Crippen LogP contribution >= 0.6 is 12.4 Å². The number of nitrogens with one attached hydrogen (secondary N) is 1. The highest BCUT2D eigenvalue weighted by molar-refractivity contribution is 5.85. The molecule has 0 radical (unpaired) electrons. The normalized spacial score (nSPS) is 28.4. The van der Waals surface area contributed by atoms with Crippen LogP contribution in [0.25, 0.3) is 5.69 Å². The molecule has 134 valence electrons. The quantitative estimate of drug-likeness (QED) is 0.880. The monoisotopic (exact) mass is 360 g/mol. The summed E-state index contributed by atoms with van der Waals surface area (Å²) >= 11 is 0. The number of hydrogen-bond donors (Lipinski definition) is 2. The van der Waals surface area contributed by atoms with Gasteiger partial charge in [0.1, 0.15) is 0 Å². The third-order valence-electron chi connectivity index (χ3n) is 5.80. The molecular weight excluding hydrogens is 336 g/mol. The van der Waals surface area contributed by atoms with Gasteiger partial charge in [0.2, 0.25) is 5.91 Å². The number of hydrogen-bond acceptors (Lipinski definition) is 3.